The second kappa shape index (κ2) is 43.0. The molecule has 16 aromatic rings. The lowest BCUT2D eigenvalue weighted by Crippen LogP contribution is -2.44. The summed E-state index contributed by atoms with van der Waals surface area (Å²) in [6, 6.07) is 50.8. The molecule has 7 N–H and O–H groups in total. The fourth-order valence-corrected chi connectivity index (χ4v) is 20.7. The predicted octanol–water partition coefficient (Wildman–Crippen LogP) is 19.6. The van der Waals surface area contributed by atoms with Crippen molar-refractivity contribution in [1.82, 2.24) is 89.0 Å². The summed E-state index contributed by atoms with van der Waals surface area (Å²) in [7, 11) is 2.17. The first-order chi connectivity index (χ1) is 71.6. The Morgan fingerprint density at radius 2 is 0.673 bits per heavy atom. The SMILES string of the molecule is CCn1c(=O)c(-c2ccc(C3CC3)cc2C)cc2cnc(Nc3ccc(N4CCN(C)CC4)cc3)nc21.CCn1c(=O)c(-c2ccc(C3CC3)cc2C)cc2cnc(Nc3ccc(N4CCNCC4)c(F)c3)nc21.CCn1c(=O)c(-c2ncc(C3CC3)cc2C)cc2cnc(Nc3ccc(C4CCCNC4)cc3)nc21.CCn1c(=O)c(-c2ncc(C3CC3)cc2F)cc2cnc(Nc3ccc(N4CCNCC4)c(F)c3)nc21. The van der Waals surface area contributed by atoms with Crippen molar-refractivity contribution in [2.75, 3.05) is 135 Å². The van der Waals surface area contributed by atoms with E-state index in [0.29, 0.717) is 141 Å². The maximum atomic E-state index is 14.9. The van der Waals surface area contributed by atoms with Gasteiger partial charge in [0.05, 0.1) is 28.2 Å². The summed E-state index contributed by atoms with van der Waals surface area (Å²) in [5.74, 6) is 3.33. The normalized spacial score (nSPS) is 16.5. The van der Waals surface area contributed by atoms with E-state index in [4.69, 9.17) is 15.0 Å². The maximum absolute atomic E-state index is 14.9. The number of hydrogen-bond donors (Lipinski definition) is 7. The Bertz CT molecular complexity index is 7660. The van der Waals surface area contributed by atoms with E-state index in [1.54, 1.807) is 62.8 Å². The van der Waals surface area contributed by atoms with E-state index in [1.165, 1.54) is 102 Å². The highest BCUT2D eigenvalue weighted by Crippen LogP contribution is 2.46. The molecule has 10 aromatic heterocycles. The number of nitrogens with one attached hydrogen (secondary N) is 7. The lowest BCUT2D eigenvalue weighted by atomic mass is 9.92. The molecule has 0 amide bonds. The Morgan fingerprint density at radius 1 is 0.313 bits per heavy atom. The molecule has 4 saturated heterocycles. The number of aromatic nitrogens is 14. The Kier molecular flexibility index (Phi) is 28.7. The molecule has 147 heavy (non-hydrogen) atoms. The van der Waals surface area contributed by atoms with Gasteiger partial charge in [-0.3, -0.25) is 47.4 Å². The number of hydrogen-bond acceptors (Lipinski definition) is 25. The first-order valence-corrected chi connectivity index (χ1v) is 52.0. The van der Waals surface area contributed by atoms with E-state index in [0.717, 1.165) is 171 Å². The van der Waals surface area contributed by atoms with E-state index in [2.05, 4.69) is 194 Å². The highest BCUT2D eigenvalue weighted by atomic mass is 19.1. The molecule has 24 rings (SSSR count). The van der Waals surface area contributed by atoms with Crippen molar-refractivity contribution in [1.29, 1.82) is 0 Å². The molecule has 32 heteroatoms. The van der Waals surface area contributed by atoms with Gasteiger partial charge in [-0.1, -0.05) is 54.6 Å². The van der Waals surface area contributed by atoms with Crippen LogP contribution in [0.3, 0.4) is 0 Å². The van der Waals surface area contributed by atoms with Gasteiger partial charge in [-0.05, 0) is 315 Å². The third-order valence-electron chi connectivity index (χ3n) is 29.6. The molecule has 4 aliphatic carbocycles. The smallest absolute Gasteiger partial charge is 0.261 e. The van der Waals surface area contributed by atoms with Gasteiger partial charge in [0, 0.05) is 210 Å². The molecular weight excluding hydrogens is 1850 g/mol. The molecule has 4 saturated carbocycles. The van der Waals surface area contributed by atoms with Gasteiger partial charge in [0.2, 0.25) is 23.8 Å². The van der Waals surface area contributed by atoms with Crippen molar-refractivity contribution in [3.05, 3.63) is 298 Å². The molecule has 0 bridgehead atoms. The van der Waals surface area contributed by atoms with E-state index in [1.807, 2.05) is 81.1 Å². The van der Waals surface area contributed by atoms with Crippen LogP contribution in [-0.4, -0.2) is 172 Å². The summed E-state index contributed by atoms with van der Waals surface area (Å²) in [5, 5.41) is 25.8. The minimum absolute atomic E-state index is 0.0153. The van der Waals surface area contributed by atoms with E-state index in [9.17, 15) is 32.3 Å². The molecule has 6 aromatic carbocycles. The van der Waals surface area contributed by atoms with Crippen LogP contribution in [0.15, 0.2) is 214 Å². The summed E-state index contributed by atoms with van der Waals surface area (Å²) in [6.07, 6.45) is 22.5. The molecule has 8 fully saturated rings. The fourth-order valence-electron chi connectivity index (χ4n) is 20.7. The third-order valence-corrected chi connectivity index (χ3v) is 29.6. The monoisotopic (exact) mass is 1980 g/mol. The third kappa shape index (κ3) is 21.7. The van der Waals surface area contributed by atoms with Crippen LogP contribution in [0, 0.1) is 38.2 Å². The number of aryl methyl sites for hydroxylation is 7. The number of fused-ring (bicyclic) bond motifs is 4. The average Bonchev–Trinajstić information content (AvgIpc) is 1.40. The number of halogens is 3. The van der Waals surface area contributed by atoms with E-state index < -0.39 is 5.82 Å². The Labute approximate surface area is 851 Å². The van der Waals surface area contributed by atoms with Crippen molar-refractivity contribution >= 4 is 108 Å². The summed E-state index contributed by atoms with van der Waals surface area (Å²) >= 11 is 0. The summed E-state index contributed by atoms with van der Waals surface area (Å²) in [4.78, 5) is 108. The van der Waals surface area contributed by atoms with Crippen molar-refractivity contribution in [2.24, 2.45) is 0 Å². The quantitative estimate of drug-likeness (QED) is 0.0296. The summed E-state index contributed by atoms with van der Waals surface area (Å²) < 4.78 is 51.3. The first kappa shape index (κ1) is 98.1. The van der Waals surface area contributed by atoms with Crippen LogP contribution in [0.25, 0.3) is 88.9 Å². The highest BCUT2D eigenvalue weighted by molar-refractivity contribution is 5.87. The maximum Gasteiger partial charge on any atom is 0.261 e. The van der Waals surface area contributed by atoms with Gasteiger partial charge in [-0.2, -0.15) is 19.9 Å². The number of anilines is 11. The molecule has 0 spiro atoms. The van der Waals surface area contributed by atoms with Crippen LogP contribution in [0.4, 0.5) is 76.8 Å². The van der Waals surface area contributed by atoms with Gasteiger partial charge >= 0.3 is 0 Å². The largest absolute Gasteiger partial charge is 0.369 e. The molecule has 4 aliphatic heterocycles. The average molecular weight is 1980 g/mol. The van der Waals surface area contributed by atoms with Gasteiger partial charge in [0.15, 0.2) is 0 Å². The van der Waals surface area contributed by atoms with Gasteiger partial charge in [-0.25, -0.2) is 33.1 Å². The van der Waals surface area contributed by atoms with Crippen LogP contribution in [0.2, 0.25) is 0 Å². The predicted molar refractivity (Wildman–Crippen MR) is 581 cm³/mol. The van der Waals surface area contributed by atoms with Crippen LogP contribution >= 0.6 is 0 Å². The minimum atomic E-state index is -0.506. The van der Waals surface area contributed by atoms with Gasteiger partial charge in [0.25, 0.3) is 22.2 Å². The fraction of sp³-hybridized carbons (Fsp3) is 0.357. The molecular formula is C115H124F3N25O4. The van der Waals surface area contributed by atoms with E-state index >= 15 is 0 Å². The van der Waals surface area contributed by atoms with E-state index in [-0.39, 0.29) is 51.1 Å². The van der Waals surface area contributed by atoms with Crippen LogP contribution in [0.5, 0.6) is 0 Å². The first-order valence-electron chi connectivity index (χ1n) is 52.0. The zero-order chi connectivity index (χ0) is 101. The topological polar surface area (TPSA) is 314 Å². The van der Waals surface area contributed by atoms with Crippen LogP contribution < -0.4 is 74.2 Å². The zero-order valence-corrected chi connectivity index (χ0v) is 84.5. The molecule has 8 aliphatic rings. The Hall–Kier alpha value is -15.0. The van der Waals surface area contributed by atoms with Crippen molar-refractivity contribution in [3.8, 4) is 44.8 Å². The lowest BCUT2D eigenvalue weighted by molar-refractivity contribution is 0.313. The van der Waals surface area contributed by atoms with Crippen molar-refractivity contribution < 1.29 is 13.2 Å². The standard InChI is InChI=1S/C30H34N6O.C29H31FN6O.C29H32N6O.C27H27F2N7O/c1-4-36-28-23(18-27(29(36)37)26-12-7-22(17-20(26)2)21-5-6-21)19-31-30(33-28)32-24-8-10-25(11-9-24)35-15-13-34(3)14-16-35;1-3-36-27-21(15-24(28(36)37)23-8-6-20(14-18(23)2)19-4-5-19)17-32-29(34-27)33-22-7-9-26(25(30)16-22)35-12-10-31-11-13-35;1-3-35-27-23(14-25(28(35)36)26-18(2)13-22(16-31-26)20-6-7-20)17-32-29(34-27)33-24-10-8-19(9-11-24)21-5-4-12-30-15-21;1-2-36-25-18(11-20(26(36)37)24-22(29)12-17(14-31-24)16-3-4-16)15-32-27(34-25)33-19-5-6-23(21(28)13-19)35-9-7-30-8-10-35/h7-12,17-19,21H,4-6,13-16H2,1-3H3,(H,31,32,33);6-9,14-17,19,31H,3-5,10-13H2,1-2H3,(H,32,33,34);8-11,13-14,16-17,20-21,30H,3-7,12,15H2,1-2H3,(H,32,33,34);5-6,11-16,30H,2-4,7-10H2,1H3,(H,32,33,34). The van der Waals surface area contributed by atoms with Crippen molar-refractivity contribution in [2.45, 2.75) is 168 Å². The van der Waals surface area contributed by atoms with Crippen LogP contribution in [0.1, 0.15) is 166 Å². The van der Waals surface area contributed by atoms with Gasteiger partial charge in [0.1, 0.15) is 45.7 Å². The summed E-state index contributed by atoms with van der Waals surface area (Å²) in [5.41, 5.74) is 21.3. The number of rotatable bonds is 24. The number of piperazine rings is 3. The van der Waals surface area contributed by atoms with Crippen molar-refractivity contribution in [3.63, 3.8) is 0 Å². The molecule has 29 nitrogen and oxygen atoms in total. The zero-order valence-electron chi connectivity index (χ0n) is 84.5. The Balaban J connectivity index is 0.000000115. The molecule has 14 heterocycles. The van der Waals surface area contributed by atoms with Gasteiger partial charge in [-0.15, -0.1) is 0 Å². The number of likely N-dealkylation sites (N-methyl/N-ethyl adjacent to an activating group) is 1. The number of pyridine rings is 6. The molecule has 1 atom stereocenters. The number of piperidine rings is 1. The lowest BCUT2D eigenvalue weighted by Gasteiger charge is -2.34. The second-order valence-electron chi connectivity index (χ2n) is 39.9. The second-order valence-corrected chi connectivity index (χ2v) is 39.9. The summed E-state index contributed by atoms with van der Waals surface area (Å²) in [6.45, 7) is 28.5. The van der Waals surface area contributed by atoms with Crippen LogP contribution in [-0.2, 0) is 26.2 Å². The highest BCUT2D eigenvalue weighted by Gasteiger charge is 2.32. The van der Waals surface area contributed by atoms with Gasteiger partial charge < -0.3 is 56.8 Å². The molecule has 754 valence electrons. The Morgan fingerprint density at radius 3 is 1.05 bits per heavy atom. The number of nitrogens with zero attached hydrogens (tertiary/aromatic N) is 18. The number of benzene rings is 6. The molecule has 0 radical (unpaired) electrons. The molecule has 1 unspecified atom stereocenters. The minimum Gasteiger partial charge on any atom is -0.369 e.